The van der Waals surface area contributed by atoms with Gasteiger partial charge in [0.1, 0.15) is 0 Å². The van der Waals surface area contributed by atoms with Crippen molar-refractivity contribution >= 4 is 23.6 Å². The maximum atomic E-state index is 11.9. The minimum absolute atomic E-state index is 0.0298. The van der Waals surface area contributed by atoms with Crippen molar-refractivity contribution < 1.29 is 14.5 Å². The Morgan fingerprint density at radius 1 is 1.08 bits per heavy atom. The van der Waals surface area contributed by atoms with Gasteiger partial charge < -0.3 is 4.74 Å². The highest BCUT2D eigenvalue weighted by Gasteiger charge is 2.23. The summed E-state index contributed by atoms with van der Waals surface area (Å²) in [5.74, 6) is -0.232. The van der Waals surface area contributed by atoms with E-state index in [1.807, 2.05) is 31.2 Å². The van der Waals surface area contributed by atoms with E-state index in [4.69, 9.17) is 4.74 Å². The topological polar surface area (TPSA) is 81.8 Å². The first-order chi connectivity index (χ1) is 12.0. The highest BCUT2D eigenvalue weighted by atomic mass is 16.6. The Kier molecular flexibility index (Phi) is 4.52. The van der Waals surface area contributed by atoms with Gasteiger partial charge in [-0.15, -0.1) is 0 Å². The molecule has 0 saturated carbocycles. The summed E-state index contributed by atoms with van der Waals surface area (Å²) in [5.41, 5.74) is 2.85. The van der Waals surface area contributed by atoms with E-state index in [0.717, 1.165) is 16.7 Å². The number of nitro groups is 1. The molecule has 1 heterocycles. The third-order valence-corrected chi connectivity index (χ3v) is 3.57. The molecule has 0 spiro atoms. The van der Waals surface area contributed by atoms with Crippen molar-refractivity contribution in [1.82, 2.24) is 0 Å². The molecule has 2 aromatic rings. The number of esters is 1. The lowest BCUT2D eigenvalue weighted by molar-refractivity contribution is -0.384. The molecule has 0 atom stereocenters. The summed E-state index contributed by atoms with van der Waals surface area (Å²) in [6.07, 6.45) is 4.92. The maximum absolute atomic E-state index is 11.9. The molecule has 3 rings (SSSR count). The Morgan fingerprint density at radius 3 is 2.40 bits per heavy atom. The fourth-order valence-corrected chi connectivity index (χ4v) is 2.20. The van der Waals surface area contributed by atoms with E-state index < -0.39 is 10.9 Å². The first-order valence-corrected chi connectivity index (χ1v) is 7.54. The minimum Gasteiger partial charge on any atom is -0.402 e. The SMILES string of the molecule is Cc1ccc(C2=NC(=CC=Cc3ccc([N+](=O)[O-])cc3)C(=O)O2)cc1. The first-order valence-electron chi connectivity index (χ1n) is 7.54. The van der Waals surface area contributed by atoms with Crippen molar-refractivity contribution in [3.05, 3.63) is 93.2 Å². The Hall–Kier alpha value is -3.54. The number of hydrogen-bond acceptors (Lipinski definition) is 5. The van der Waals surface area contributed by atoms with E-state index in [9.17, 15) is 14.9 Å². The van der Waals surface area contributed by atoms with Crippen LogP contribution in [0.25, 0.3) is 6.08 Å². The molecule has 0 bridgehead atoms. The smallest absolute Gasteiger partial charge is 0.363 e. The van der Waals surface area contributed by atoms with Gasteiger partial charge in [-0.1, -0.05) is 29.8 Å². The zero-order valence-electron chi connectivity index (χ0n) is 13.4. The number of carbonyl (C=O) groups excluding carboxylic acids is 1. The van der Waals surface area contributed by atoms with Gasteiger partial charge in [0.2, 0.25) is 5.90 Å². The summed E-state index contributed by atoms with van der Waals surface area (Å²) in [7, 11) is 0. The first kappa shape index (κ1) is 16.3. The van der Waals surface area contributed by atoms with Crippen LogP contribution in [0.4, 0.5) is 5.69 Å². The molecule has 2 aromatic carbocycles. The standard InChI is InChI=1S/C19H14N2O4/c1-13-5-9-15(10-6-13)18-20-17(19(22)25-18)4-2-3-14-7-11-16(12-8-14)21(23)24/h2-12H,1H3. The van der Waals surface area contributed by atoms with Gasteiger partial charge in [0.05, 0.1) is 4.92 Å². The van der Waals surface area contributed by atoms with Crippen LogP contribution in [-0.4, -0.2) is 16.8 Å². The van der Waals surface area contributed by atoms with Gasteiger partial charge in [0.15, 0.2) is 5.70 Å². The Bertz CT molecular complexity index is 907. The summed E-state index contributed by atoms with van der Waals surface area (Å²) in [6, 6.07) is 13.6. The number of ether oxygens (including phenoxy) is 1. The van der Waals surface area contributed by atoms with Crippen LogP contribution in [0.2, 0.25) is 0 Å². The van der Waals surface area contributed by atoms with E-state index in [-0.39, 0.29) is 17.3 Å². The lowest BCUT2D eigenvalue weighted by atomic mass is 10.1. The molecule has 6 nitrogen and oxygen atoms in total. The zero-order chi connectivity index (χ0) is 17.8. The normalized spacial score (nSPS) is 15.5. The summed E-state index contributed by atoms with van der Waals surface area (Å²) in [5, 5.41) is 10.6. The highest BCUT2D eigenvalue weighted by molar-refractivity contribution is 6.11. The molecule has 0 saturated heterocycles. The molecule has 0 fully saturated rings. The number of allylic oxidation sites excluding steroid dienone is 2. The van der Waals surface area contributed by atoms with Crippen molar-refractivity contribution in [2.75, 3.05) is 0 Å². The second-order valence-corrected chi connectivity index (χ2v) is 5.43. The fraction of sp³-hybridized carbons (Fsp3) is 0.0526. The third kappa shape index (κ3) is 3.87. The lowest BCUT2D eigenvalue weighted by Crippen LogP contribution is -2.05. The van der Waals surface area contributed by atoms with Crippen LogP contribution < -0.4 is 0 Å². The number of benzene rings is 2. The van der Waals surface area contributed by atoms with E-state index >= 15 is 0 Å². The van der Waals surface area contributed by atoms with Crippen LogP contribution in [0.1, 0.15) is 16.7 Å². The average Bonchev–Trinajstić information content (AvgIpc) is 2.97. The Labute approximate surface area is 143 Å². The second kappa shape index (κ2) is 6.92. The van der Waals surface area contributed by atoms with Crippen LogP contribution in [0, 0.1) is 17.0 Å². The summed E-state index contributed by atoms with van der Waals surface area (Å²) >= 11 is 0. The second-order valence-electron chi connectivity index (χ2n) is 5.43. The van der Waals surface area contributed by atoms with Crippen molar-refractivity contribution in [1.29, 1.82) is 0 Å². The molecule has 0 aliphatic carbocycles. The summed E-state index contributed by atoms with van der Waals surface area (Å²) in [4.78, 5) is 26.2. The Balaban J connectivity index is 1.75. The molecule has 0 radical (unpaired) electrons. The molecule has 6 heteroatoms. The molecule has 0 amide bonds. The predicted octanol–water partition coefficient (Wildman–Crippen LogP) is 3.80. The quantitative estimate of drug-likeness (QED) is 0.368. The number of non-ortho nitro benzene ring substituents is 1. The molecule has 1 aliphatic heterocycles. The number of nitrogens with zero attached hydrogens (tertiary/aromatic N) is 2. The number of nitro benzene ring substituents is 1. The molecule has 0 aromatic heterocycles. The molecule has 0 N–H and O–H groups in total. The van der Waals surface area contributed by atoms with Crippen LogP contribution in [-0.2, 0) is 9.53 Å². The van der Waals surface area contributed by atoms with Gasteiger partial charge in [-0.2, -0.15) is 0 Å². The van der Waals surface area contributed by atoms with Crippen molar-refractivity contribution in [3.8, 4) is 0 Å². The lowest BCUT2D eigenvalue weighted by Gasteiger charge is -1.99. The van der Waals surface area contributed by atoms with E-state index in [2.05, 4.69) is 4.99 Å². The number of aryl methyl sites for hydroxylation is 1. The van der Waals surface area contributed by atoms with Crippen LogP contribution in [0.3, 0.4) is 0 Å². The summed E-state index contributed by atoms with van der Waals surface area (Å²) in [6.45, 7) is 1.97. The van der Waals surface area contributed by atoms with Gasteiger partial charge in [0, 0.05) is 17.7 Å². The van der Waals surface area contributed by atoms with Crippen molar-refractivity contribution in [3.63, 3.8) is 0 Å². The maximum Gasteiger partial charge on any atom is 0.363 e. The van der Waals surface area contributed by atoms with Crippen LogP contribution in [0.15, 0.2) is 71.4 Å². The van der Waals surface area contributed by atoms with Crippen molar-refractivity contribution in [2.24, 2.45) is 4.99 Å². The van der Waals surface area contributed by atoms with E-state index in [0.29, 0.717) is 0 Å². The van der Waals surface area contributed by atoms with Gasteiger partial charge >= 0.3 is 5.97 Å². The molecular weight excluding hydrogens is 320 g/mol. The number of carbonyl (C=O) groups is 1. The van der Waals surface area contributed by atoms with Gasteiger partial charge in [-0.25, -0.2) is 9.79 Å². The fourth-order valence-electron chi connectivity index (χ4n) is 2.20. The molecule has 25 heavy (non-hydrogen) atoms. The van der Waals surface area contributed by atoms with E-state index in [1.54, 1.807) is 30.4 Å². The largest absolute Gasteiger partial charge is 0.402 e. The molecular formula is C19H14N2O4. The zero-order valence-corrected chi connectivity index (χ0v) is 13.4. The molecule has 1 aliphatic rings. The van der Waals surface area contributed by atoms with Gasteiger partial charge in [0.25, 0.3) is 5.69 Å². The van der Waals surface area contributed by atoms with Gasteiger partial charge in [-0.05, 0) is 42.8 Å². The van der Waals surface area contributed by atoms with Crippen molar-refractivity contribution in [2.45, 2.75) is 6.92 Å². The molecule has 0 unspecified atom stereocenters. The van der Waals surface area contributed by atoms with Crippen LogP contribution in [0.5, 0.6) is 0 Å². The highest BCUT2D eigenvalue weighted by Crippen LogP contribution is 2.17. The number of rotatable bonds is 4. The minimum atomic E-state index is -0.510. The number of hydrogen-bond donors (Lipinski definition) is 0. The third-order valence-electron chi connectivity index (χ3n) is 3.57. The number of cyclic esters (lactones) is 1. The predicted molar refractivity (Wildman–Crippen MR) is 94.0 cm³/mol. The van der Waals surface area contributed by atoms with Crippen LogP contribution >= 0.6 is 0 Å². The van der Waals surface area contributed by atoms with Gasteiger partial charge in [-0.3, -0.25) is 10.1 Å². The molecule has 124 valence electrons. The average molecular weight is 334 g/mol. The Morgan fingerprint density at radius 2 is 1.76 bits per heavy atom. The number of aliphatic imine (C=N–C) groups is 1. The van der Waals surface area contributed by atoms with E-state index in [1.165, 1.54) is 12.1 Å². The summed E-state index contributed by atoms with van der Waals surface area (Å²) < 4.78 is 5.18. The monoisotopic (exact) mass is 334 g/mol.